The Bertz CT molecular complexity index is 1030. The van der Waals surface area contributed by atoms with Crippen LogP contribution in [0.3, 0.4) is 0 Å². The van der Waals surface area contributed by atoms with Gasteiger partial charge in [0.2, 0.25) is 0 Å². The number of carbonyl (C=O) groups excluding carboxylic acids is 1. The molecule has 0 bridgehead atoms. The monoisotopic (exact) mass is 424 g/mol. The predicted octanol–water partition coefficient (Wildman–Crippen LogP) is 4.71. The molecule has 2 heterocycles. The van der Waals surface area contributed by atoms with Gasteiger partial charge in [0.15, 0.2) is 11.5 Å². The van der Waals surface area contributed by atoms with Crippen LogP contribution < -0.4 is 9.47 Å². The van der Waals surface area contributed by atoms with Crippen molar-refractivity contribution in [1.29, 1.82) is 0 Å². The van der Waals surface area contributed by atoms with Gasteiger partial charge in [-0.2, -0.15) is 0 Å². The molecular formula is C23H24N2O4S. The topological polar surface area (TPSA) is 64.8 Å². The summed E-state index contributed by atoms with van der Waals surface area (Å²) in [5, 5.41) is 3.92. The molecule has 0 fully saturated rings. The third kappa shape index (κ3) is 4.46. The first-order valence-corrected chi connectivity index (χ1v) is 10.9. The van der Waals surface area contributed by atoms with Crippen molar-refractivity contribution in [3.63, 3.8) is 0 Å². The van der Waals surface area contributed by atoms with Gasteiger partial charge in [-0.3, -0.25) is 4.79 Å². The summed E-state index contributed by atoms with van der Waals surface area (Å²) in [7, 11) is 0. The van der Waals surface area contributed by atoms with E-state index in [9.17, 15) is 4.79 Å². The molecule has 7 heteroatoms. The number of amides is 1. The fourth-order valence-electron chi connectivity index (χ4n) is 3.36. The lowest BCUT2D eigenvalue weighted by Gasteiger charge is -2.26. The Balaban J connectivity index is 1.53. The average molecular weight is 425 g/mol. The zero-order valence-corrected chi connectivity index (χ0v) is 17.9. The van der Waals surface area contributed by atoms with E-state index in [1.165, 1.54) is 0 Å². The highest BCUT2D eigenvalue weighted by atomic mass is 32.2. The second-order valence-electron chi connectivity index (χ2n) is 6.98. The summed E-state index contributed by atoms with van der Waals surface area (Å²) in [6.45, 7) is 5.99. The molecule has 0 N–H and O–H groups in total. The number of rotatable bonds is 7. The molecule has 6 nitrogen and oxygen atoms in total. The molecule has 156 valence electrons. The molecule has 0 atom stereocenters. The second kappa shape index (κ2) is 9.26. The summed E-state index contributed by atoms with van der Waals surface area (Å²) in [6.07, 6.45) is 0. The number of thioether (sulfide) groups is 1. The van der Waals surface area contributed by atoms with Crippen molar-refractivity contribution in [2.45, 2.75) is 31.0 Å². The van der Waals surface area contributed by atoms with Crippen molar-refractivity contribution in [3.05, 3.63) is 71.1 Å². The molecule has 1 aliphatic heterocycles. The summed E-state index contributed by atoms with van der Waals surface area (Å²) in [5.74, 6) is 2.87. The van der Waals surface area contributed by atoms with Crippen molar-refractivity contribution in [2.75, 3.05) is 19.8 Å². The molecule has 2 aromatic carbocycles. The largest absolute Gasteiger partial charge is 0.486 e. The van der Waals surface area contributed by atoms with Crippen molar-refractivity contribution in [3.8, 4) is 11.5 Å². The number of aromatic nitrogens is 1. The smallest absolute Gasteiger partial charge is 0.255 e. The Kier molecular flexibility index (Phi) is 6.28. The number of aryl methyl sites for hydroxylation is 1. The molecule has 1 aliphatic rings. The van der Waals surface area contributed by atoms with E-state index in [1.807, 2.05) is 67.3 Å². The minimum atomic E-state index is -0.0105. The minimum absolute atomic E-state index is 0.0105. The van der Waals surface area contributed by atoms with E-state index in [4.69, 9.17) is 14.0 Å². The van der Waals surface area contributed by atoms with Gasteiger partial charge >= 0.3 is 0 Å². The molecule has 0 radical (unpaired) electrons. The van der Waals surface area contributed by atoms with Crippen LogP contribution in [0.2, 0.25) is 0 Å². The Morgan fingerprint density at radius 1 is 1.13 bits per heavy atom. The summed E-state index contributed by atoms with van der Waals surface area (Å²) in [6, 6.07) is 15.4. The van der Waals surface area contributed by atoms with E-state index in [-0.39, 0.29) is 5.91 Å². The summed E-state index contributed by atoms with van der Waals surface area (Å²) in [4.78, 5) is 16.1. The van der Waals surface area contributed by atoms with Gasteiger partial charge in [0.05, 0.1) is 17.0 Å². The number of benzene rings is 2. The third-order valence-corrected chi connectivity index (χ3v) is 5.94. The van der Waals surface area contributed by atoms with E-state index < -0.39 is 0 Å². The average Bonchev–Trinajstić information content (AvgIpc) is 3.21. The van der Waals surface area contributed by atoms with E-state index in [1.54, 1.807) is 11.8 Å². The molecule has 4 rings (SSSR count). The van der Waals surface area contributed by atoms with Crippen LogP contribution in [0.1, 0.15) is 34.3 Å². The summed E-state index contributed by atoms with van der Waals surface area (Å²) in [5.41, 5.74) is 2.48. The zero-order chi connectivity index (χ0) is 20.9. The van der Waals surface area contributed by atoms with Gasteiger partial charge in [0.25, 0.3) is 5.91 Å². The molecule has 0 saturated heterocycles. The fourth-order valence-corrected chi connectivity index (χ4v) is 4.28. The SMILES string of the molecule is CCN(Cc1cccc2c1OCCO2)C(=O)c1ccccc1SCc1cc(C)no1. The Morgan fingerprint density at radius 3 is 2.77 bits per heavy atom. The summed E-state index contributed by atoms with van der Waals surface area (Å²) >= 11 is 1.57. The van der Waals surface area contributed by atoms with Gasteiger partial charge < -0.3 is 18.9 Å². The maximum atomic E-state index is 13.4. The van der Waals surface area contributed by atoms with Gasteiger partial charge in [0.1, 0.15) is 19.0 Å². The maximum Gasteiger partial charge on any atom is 0.255 e. The molecular weight excluding hydrogens is 400 g/mol. The van der Waals surface area contributed by atoms with Crippen molar-refractivity contribution >= 4 is 17.7 Å². The van der Waals surface area contributed by atoms with E-state index in [2.05, 4.69) is 5.16 Å². The number of carbonyl (C=O) groups is 1. The molecule has 3 aromatic rings. The lowest BCUT2D eigenvalue weighted by atomic mass is 10.1. The molecule has 1 aromatic heterocycles. The van der Waals surface area contributed by atoms with Crippen LogP contribution in [0.4, 0.5) is 0 Å². The highest BCUT2D eigenvalue weighted by Gasteiger charge is 2.22. The predicted molar refractivity (Wildman–Crippen MR) is 115 cm³/mol. The third-order valence-electron chi connectivity index (χ3n) is 4.84. The molecule has 0 saturated carbocycles. The minimum Gasteiger partial charge on any atom is -0.486 e. The van der Waals surface area contributed by atoms with Crippen LogP contribution in [0.5, 0.6) is 11.5 Å². The number of hydrogen-bond acceptors (Lipinski definition) is 6. The van der Waals surface area contributed by atoms with Gasteiger partial charge in [-0.05, 0) is 32.0 Å². The standard InChI is InChI=1S/C23H24N2O4S/c1-3-25(14-17-7-6-9-20-22(17)28-12-11-27-20)23(26)19-8-4-5-10-21(19)30-15-18-13-16(2)24-29-18/h4-10,13H,3,11-12,14-15H2,1-2H3. The zero-order valence-electron chi connectivity index (χ0n) is 17.1. The summed E-state index contributed by atoms with van der Waals surface area (Å²) < 4.78 is 16.8. The number of hydrogen-bond donors (Lipinski definition) is 0. The number of nitrogens with zero attached hydrogens (tertiary/aromatic N) is 2. The first-order chi connectivity index (χ1) is 14.7. The molecule has 0 aliphatic carbocycles. The Morgan fingerprint density at radius 2 is 1.97 bits per heavy atom. The van der Waals surface area contributed by atoms with Crippen LogP contribution in [0, 0.1) is 6.92 Å². The van der Waals surface area contributed by atoms with Gasteiger partial charge in [0, 0.05) is 29.6 Å². The van der Waals surface area contributed by atoms with Crippen LogP contribution in [-0.4, -0.2) is 35.7 Å². The normalized spacial score (nSPS) is 12.6. The van der Waals surface area contributed by atoms with E-state index in [0.29, 0.717) is 37.6 Å². The van der Waals surface area contributed by atoms with Gasteiger partial charge in [-0.25, -0.2) is 0 Å². The van der Waals surface area contributed by atoms with Crippen molar-refractivity contribution < 1.29 is 18.8 Å². The van der Waals surface area contributed by atoms with Crippen molar-refractivity contribution in [1.82, 2.24) is 10.1 Å². The van der Waals surface area contributed by atoms with E-state index >= 15 is 0 Å². The highest BCUT2D eigenvalue weighted by molar-refractivity contribution is 7.98. The molecule has 0 spiro atoms. The van der Waals surface area contributed by atoms with Crippen LogP contribution in [0.15, 0.2) is 57.9 Å². The number of ether oxygens (including phenoxy) is 2. The van der Waals surface area contributed by atoms with Crippen LogP contribution in [0.25, 0.3) is 0 Å². The first kappa shape index (κ1) is 20.3. The fraction of sp³-hybridized carbons (Fsp3) is 0.304. The van der Waals surface area contributed by atoms with Crippen LogP contribution in [-0.2, 0) is 12.3 Å². The van der Waals surface area contributed by atoms with Crippen LogP contribution >= 0.6 is 11.8 Å². The van der Waals surface area contributed by atoms with E-state index in [0.717, 1.165) is 33.4 Å². The Hall–Kier alpha value is -2.93. The molecule has 30 heavy (non-hydrogen) atoms. The maximum absolute atomic E-state index is 13.4. The van der Waals surface area contributed by atoms with Crippen molar-refractivity contribution in [2.24, 2.45) is 0 Å². The van der Waals surface area contributed by atoms with Gasteiger partial charge in [-0.15, -0.1) is 11.8 Å². The molecule has 1 amide bonds. The number of para-hydroxylation sites is 1. The first-order valence-electron chi connectivity index (χ1n) is 9.96. The lowest BCUT2D eigenvalue weighted by molar-refractivity contribution is 0.0745. The Labute approximate surface area is 180 Å². The second-order valence-corrected chi connectivity index (χ2v) is 8.00. The lowest BCUT2D eigenvalue weighted by Crippen LogP contribution is -2.31. The quantitative estimate of drug-likeness (QED) is 0.512. The molecule has 0 unspecified atom stereocenters. The number of fused-ring (bicyclic) bond motifs is 1. The van der Waals surface area contributed by atoms with Gasteiger partial charge in [-0.1, -0.05) is 29.4 Å². The highest BCUT2D eigenvalue weighted by Crippen LogP contribution is 2.35.